The minimum Gasteiger partial charge on any atom is -0.352 e. The van der Waals surface area contributed by atoms with E-state index < -0.39 is 10.0 Å². The van der Waals surface area contributed by atoms with Gasteiger partial charge in [-0.1, -0.05) is 41.9 Å². The van der Waals surface area contributed by atoms with Crippen LogP contribution in [0.4, 0.5) is 5.69 Å². The molecule has 0 bridgehead atoms. The van der Waals surface area contributed by atoms with Crippen LogP contribution in [0.3, 0.4) is 0 Å². The molecule has 24 heavy (non-hydrogen) atoms. The van der Waals surface area contributed by atoms with Gasteiger partial charge in [0.2, 0.25) is 5.91 Å². The summed E-state index contributed by atoms with van der Waals surface area (Å²) in [6, 6.07) is 13.6. The normalized spacial score (nSPS) is 15.0. The second-order valence-electron chi connectivity index (χ2n) is 5.18. The van der Waals surface area contributed by atoms with Crippen LogP contribution >= 0.6 is 11.6 Å². The van der Waals surface area contributed by atoms with Gasteiger partial charge in [0.25, 0.3) is 10.0 Å². The lowest BCUT2D eigenvalue weighted by molar-refractivity contribution is -0.120. The van der Waals surface area contributed by atoms with Crippen LogP contribution in [0.2, 0.25) is 5.02 Å². The number of halogens is 1. The number of sulfonamides is 1. The molecule has 0 aliphatic carbocycles. The Bertz CT molecular complexity index is 926. The lowest BCUT2D eigenvalue weighted by Gasteiger charge is -2.17. The number of nitrogens with zero attached hydrogens (tertiary/aromatic N) is 1. The van der Waals surface area contributed by atoms with Crippen molar-refractivity contribution in [3.05, 3.63) is 59.1 Å². The molecule has 0 saturated carbocycles. The minimum atomic E-state index is -3.79. The zero-order valence-corrected chi connectivity index (χ0v) is 14.1. The lowest BCUT2D eigenvalue weighted by atomic mass is 10.2. The Morgan fingerprint density at radius 1 is 1.12 bits per heavy atom. The van der Waals surface area contributed by atoms with Crippen LogP contribution in [-0.2, 0) is 21.4 Å². The first-order valence-corrected chi connectivity index (χ1v) is 8.97. The first-order chi connectivity index (χ1) is 11.5. The van der Waals surface area contributed by atoms with E-state index in [9.17, 15) is 13.2 Å². The Labute approximate surface area is 144 Å². The molecule has 1 amide bonds. The molecule has 8 heteroatoms. The first kappa shape index (κ1) is 16.5. The Balaban J connectivity index is 1.68. The highest BCUT2D eigenvalue weighted by Crippen LogP contribution is 2.27. The average molecular weight is 364 g/mol. The number of nitrogens with one attached hydrogen (secondary N) is 2. The lowest BCUT2D eigenvalue weighted by Crippen LogP contribution is -2.30. The van der Waals surface area contributed by atoms with E-state index in [0.717, 1.165) is 5.56 Å². The maximum absolute atomic E-state index is 12.1. The molecule has 0 atom stereocenters. The van der Waals surface area contributed by atoms with Gasteiger partial charge in [0.15, 0.2) is 0 Å². The molecule has 0 saturated heterocycles. The number of hydrogen-bond donors (Lipinski definition) is 2. The molecule has 0 fully saturated rings. The number of para-hydroxylation sites is 1. The van der Waals surface area contributed by atoms with Crippen molar-refractivity contribution in [2.24, 2.45) is 4.40 Å². The Morgan fingerprint density at radius 2 is 1.83 bits per heavy atom. The van der Waals surface area contributed by atoms with E-state index in [2.05, 4.69) is 15.0 Å². The summed E-state index contributed by atoms with van der Waals surface area (Å²) >= 11 is 6.03. The second kappa shape index (κ2) is 6.62. The first-order valence-electron chi connectivity index (χ1n) is 7.16. The summed E-state index contributed by atoms with van der Waals surface area (Å²) in [5.41, 5.74) is 1.20. The molecule has 3 rings (SSSR count). The molecule has 124 valence electrons. The SMILES string of the molecule is O=C(CC1=NS(=O)(=O)c2ccccc2N1)NCc1ccccc1Cl. The van der Waals surface area contributed by atoms with E-state index in [1.165, 1.54) is 6.07 Å². The van der Waals surface area contributed by atoms with Crippen molar-refractivity contribution < 1.29 is 13.2 Å². The van der Waals surface area contributed by atoms with Crippen LogP contribution in [0.5, 0.6) is 0 Å². The smallest absolute Gasteiger partial charge is 0.286 e. The topological polar surface area (TPSA) is 87.6 Å². The van der Waals surface area contributed by atoms with Gasteiger partial charge >= 0.3 is 0 Å². The minimum absolute atomic E-state index is 0.0883. The van der Waals surface area contributed by atoms with Crippen molar-refractivity contribution in [3.8, 4) is 0 Å². The van der Waals surface area contributed by atoms with Crippen molar-refractivity contribution in [1.82, 2.24) is 5.32 Å². The molecule has 0 aromatic heterocycles. The fraction of sp³-hybridized carbons (Fsp3) is 0.125. The molecule has 0 unspecified atom stereocenters. The number of carbonyl (C=O) groups is 1. The maximum Gasteiger partial charge on any atom is 0.286 e. The third-order valence-corrected chi connectivity index (χ3v) is 5.18. The standard InChI is InChI=1S/C16H14ClN3O3S/c17-12-6-2-1-5-11(12)10-18-16(21)9-15-19-13-7-3-4-8-14(13)24(22,23)20-15/h1-8H,9-10H2,(H,18,21)(H,19,20). The molecule has 1 aliphatic heterocycles. The van der Waals surface area contributed by atoms with Gasteiger partial charge in [-0.2, -0.15) is 8.42 Å². The van der Waals surface area contributed by atoms with Crippen molar-refractivity contribution in [2.45, 2.75) is 17.9 Å². The molecule has 6 nitrogen and oxygen atoms in total. The number of rotatable bonds is 4. The number of amides is 1. The number of fused-ring (bicyclic) bond motifs is 1. The summed E-state index contributed by atoms with van der Waals surface area (Å²) in [4.78, 5) is 12.2. The number of hydrogen-bond acceptors (Lipinski definition) is 4. The summed E-state index contributed by atoms with van der Waals surface area (Å²) < 4.78 is 27.9. The molecule has 2 N–H and O–H groups in total. The van der Waals surface area contributed by atoms with Gasteiger partial charge in [0.05, 0.1) is 12.1 Å². The average Bonchev–Trinajstić information content (AvgIpc) is 2.53. The van der Waals surface area contributed by atoms with Gasteiger partial charge in [-0.05, 0) is 23.8 Å². The highest BCUT2D eigenvalue weighted by Gasteiger charge is 2.25. The Hall–Kier alpha value is -2.38. The van der Waals surface area contributed by atoms with Gasteiger partial charge in [0, 0.05) is 11.6 Å². The quantitative estimate of drug-likeness (QED) is 0.873. The Morgan fingerprint density at radius 3 is 2.62 bits per heavy atom. The van der Waals surface area contributed by atoms with Crippen molar-refractivity contribution in [3.63, 3.8) is 0 Å². The third kappa shape index (κ3) is 3.58. The number of amidine groups is 1. The molecule has 2 aromatic rings. The summed E-state index contributed by atoms with van der Waals surface area (Å²) in [5.74, 6) is -0.263. The predicted molar refractivity (Wildman–Crippen MR) is 92.6 cm³/mol. The Kier molecular flexibility index (Phi) is 4.55. The van der Waals surface area contributed by atoms with E-state index in [4.69, 9.17) is 11.6 Å². The zero-order chi connectivity index (χ0) is 17.2. The number of benzene rings is 2. The van der Waals surface area contributed by atoms with Crippen LogP contribution in [0, 0.1) is 0 Å². The van der Waals surface area contributed by atoms with E-state index in [1.54, 1.807) is 36.4 Å². The largest absolute Gasteiger partial charge is 0.352 e. The summed E-state index contributed by atoms with van der Waals surface area (Å²) in [6.45, 7) is 0.259. The summed E-state index contributed by atoms with van der Waals surface area (Å²) in [7, 11) is -3.79. The van der Waals surface area contributed by atoms with E-state index in [-0.39, 0.29) is 29.6 Å². The fourth-order valence-electron chi connectivity index (χ4n) is 2.29. The number of carbonyl (C=O) groups excluding carboxylic acids is 1. The fourth-order valence-corrected chi connectivity index (χ4v) is 3.64. The van der Waals surface area contributed by atoms with Crippen LogP contribution < -0.4 is 10.6 Å². The van der Waals surface area contributed by atoms with Crippen molar-refractivity contribution >= 4 is 39.1 Å². The molecule has 0 spiro atoms. The highest BCUT2D eigenvalue weighted by atomic mass is 35.5. The van der Waals surface area contributed by atoms with Gasteiger partial charge in [-0.25, -0.2) is 0 Å². The van der Waals surface area contributed by atoms with Crippen LogP contribution in [0.15, 0.2) is 57.8 Å². The predicted octanol–water partition coefficient (Wildman–Crippen LogP) is 2.56. The van der Waals surface area contributed by atoms with Crippen LogP contribution in [0.25, 0.3) is 0 Å². The summed E-state index contributed by atoms with van der Waals surface area (Å²) in [5, 5.41) is 6.13. The van der Waals surface area contributed by atoms with Crippen molar-refractivity contribution in [1.29, 1.82) is 0 Å². The molecular weight excluding hydrogens is 350 g/mol. The van der Waals surface area contributed by atoms with E-state index >= 15 is 0 Å². The van der Waals surface area contributed by atoms with E-state index in [1.807, 2.05) is 6.07 Å². The molecular formula is C16H14ClN3O3S. The highest BCUT2D eigenvalue weighted by molar-refractivity contribution is 7.90. The molecule has 1 aliphatic rings. The van der Waals surface area contributed by atoms with Gasteiger partial charge in [-0.3, -0.25) is 4.79 Å². The van der Waals surface area contributed by atoms with Crippen molar-refractivity contribution in [2.75, 3.05) is 5.32 Å². The second-order valence-corrected chi connectivity index (χ2v) is 7.16. The van der Waals surface area contributed by atoms with E-state index in [0.29, 0.717) is 10.7 Å². The molecule has 0 radical (unpaired) electrons. The van der Waals surface area contributed by atoms with Gasteiger partial charge < -0.3 is 10.6 Å². The monoisotopic (exact) mass is 363 g/mol. The third-order valence-electron chi connectivity index (χ3n) is 3.44. The summed E-state index contributed by atoms with van der Waals surface area (Å²) in [6.07, 6.45) is -0.169. The van der Waals surface area contributed by atoms with Crippen LogP contribution in [0.1, 0.15) is 12.0 Å². The van der Waals surface area contributed by atoms with Gasteiger partial charge in [-0.15, -0.1) is 4.40 Å². The van der Waals surface area contributed by atoms with Gasteiger partial charge in [0.1, 0.15) is 10.7 Å². The molecule has 2 aromatic carbocycles. The maximum atomic E-state index is 12.1. The number of anilines is 1. The van der Waals surface area contributed by atoms with Crippen LogP contribution in [-0.4, -0.2) is 20.2 Å². The molecule has 1 heterocycles. The zero-order valence-electron chi connectivity index (χ0n) is 12.5.